The van der Waals surface area contributed by atoms with Crippen LogP contribution in [0.5, 0.6) is 0 Å². The SMILES string of the molecule is CC(C)(C)C(CCN)Nc1cc(=O)[nH]cn1. The van der Waals surface area contributed by atoms with Crippen molar-refractivity contribution in [3.63, 3.8) is 0 Å². The quantitative estimate of drug-likeness (QED) is 0.711. The Balaban J connectivity index is 2.80. The van der Waals surface area contributed by atoms with Crippen LogP contribution in [0.1, 0.15) is 27.2 Å². The van der Waals surface area contributed by atoms with Gasteiger partial charge in [0.05, 0.1) is 6.33 Å². The lowest BCUT2D eigenvalue weighted by Gasteiger charge is -2.31. The summed E-state index contributed by atoms with van der Waals surface area (Å²) in [6.07, 6.45) is 2.24. The number of aromatic amines is 1. The van der Waals surface area contributed by atoms with Crippen LogP contribution in [-0.4, -0.2) is 22.6 Å². The molecule has 1 heterocycles. The molecule has 0 aliphatic carbocycles. The van der Waals surface area contributed by atoms with Crippen molar-refractivity contribution in [2.24, 2.45) is 11.1 Å². The molecule has 1 aromatic rings. The van der Waals surface area contributed by atoms with E-state index in [1.54, 1.807) is 0 Å². The fraction of sp³-hybridized carbons (Fsp3) is 0.636. The molecule has 0 saturated carbocycles. The molecular weight excluding hydrogens is 204 g/mol. The van der Waals surface area contributed by atoms with Gasteiger partial charge in [-0.3, -0.25) is 4.79 Å². The van der Waals surface area contributed by atoms with Gasteiger partial charge in [-0.25, -0.2) is 4.98 Å². The molecule has 0 bridgehead atoms. The first-order chi connectivity index (χ1) is 7.43. The molecule has 4 N–H and O–H groups in total. The molecule has 0 fully saturated rings. The Kier molecular flexibility index (Phi) is 4.06. The molecule has 0 aliphatic rings. The fourth-order valence-electron chi connectivity index (χ4n) is 1.51. The highest BCUT2D eigenvalue weighted by molar-refractivity contribution is 5.33. The van der Waals surface area contributed by atoms with Gasteiger partial charge in [0.1, 0.15) is 5.82 Å². The first-order valence-corrected chi connectivity index (χ1v) is 5.45. The van der Waals surface area contributed by atoms with E-state index in [4.69, 9.17) is 5.73 Å². The first kappa shape index (κ1) is 12.7. The van der Waals surface area contributed by atoms with Crippen molar-refractivity contribution in [2.45, 2.75) is 33.2 Å². The molecule has 0 saturated heterocycles. The predicted octanol–water partition coefficient (Wildman–Crippen LogP) is 0.945. The van der Waals surface area contributed by atoms with Gasteiger partial charge < -0.3 is 16.0 Å². The molecule has 1 rings (SSSR count). The highest BCUT2D eigenvalue weighted by atomic mass is 16.1. The van der Waals surface area contributed by atoms with E-state index in [-0.39, 0.29) is 17.0 Å². The second kappa shape index (κ2) is 5.12. The van der Waals surface area contributed by atoms with Crippen molar-refractivity contribution in [2.75, 3.05) is 11.9 Å². The average molecular weight is 224 g/mol. The van der Waals surface area contributed by atoms with E-state index in [1.165, 1.54) is 12.4 Å². The summed E-state index contributed by atoms with van der Waals surface area (Å²) < 4.78 is 0. The lowest BCUT2D eigenvalue weighted by Crippen LogP contribution is -2.36. The molecule has 1 atom stereocenters. The van der Waals surface area contributed by atoms with Gasteiger partial charge in [-0.15, -0.1) is 0 Å². The number of rotatable bonds is 4. The van der Waals surface area contributed by atoms with Crippen molar-refractivity contribution in [1.82, 2.24) is 9.97 Å². The van der Waals surface area contributed by atoms with Gasteiger partial charge in [0.25, 0.3) is 5.56 Å². The van der Waals surface area contributed by atoms with E-state index >= 15 is 0 Å². The maximum absolute atomic E-state index is 11.1. The number of H-pyrrole nitrogens is 1. The summed E-state index contributed by atoms with van der Waals surface area (Å²) in [5, 5.41) is 3.25. The van der Waals surface area contributed by atoms with Gasteiger partial charge in [0, 0.05) is 12.1 Å². The van der Waals surface area contributed by atoms with Crippen LogP contribution in [0.25, 0.3) is 0 Å². The third-order valence-electron chi connectivity index (χ3n) is 2.50. The number of nitrogens with zero attached hydrogens (tertiary/aromatic N) is 1. The Morgan fingerprint density at radius 1 is 1.56 bits per heavy atom. The Labute approximate surface area is 95.5 Å². The molecule has 1 aromatic heterocycles. The standard InChI is InChI=1S/C11H20N4O/c1-11(2,3)8(4-5-12)15-9-6-10(16)14-7-13-9/h6-8H,4-5,12H2,1-3H3,(H2,13,14,15,16). The molecule has 0 radical (unpaired) electrons. The highest BCUT2D eigenvalue weighted by Crippen LogP contribution is 2.24. The van der Waals surface area contributed by atoms with E-state index in [2.05, 4.69) is 36.1 Å². The fourth-order valence-corrected chi connectivity index (χ4v) is 1.51. The maximum Gasteiger partial charge on any atom is 0.252 e. The molecule has 5 nitrogen and oxygen atoms in total. The summed E-state index contributed by atoms with van der Waals surface area (Å²) in [6, 6.07) is 1.65. The largest absolute Gasteiger partial charge is 0.367 e. The number of nitrogens with two attached hydrogens (primary N) is 1. The van der Waals surface area contributed by atoms with Crippen molar-refractivity contribution in [1.29, 1.82) is 0 Å². The van der Waals surface area contributed by atoms with Crippen molar-refractivity contribution in [3.05, 3.63) is 22.7 Å². The lowest BCUT2D eigenvalue weighted by atomic mass is 9.85. The molecule has 5 heteroatoms. The van der Waals surface area contributed by atoms with Crippen LogP contribution in [0.3, 0.4) is 0 Å². The number of nitrogens with one attached hydrogen (secondary N) is 2. The summed E-state index contributed by atoms with van der Waals surface area (Å²) >= 11 is 0. The van der Waals surface area contributed by atoms with Gasteiger partial charge >= 0.3 is 0 Å². The van der Waals surface area contributed by atoms with Crippen LogP contribution in [0, 0.1) is 5.41 Å². The van der Waals surface area contributed by atoms with E-state index in [0.29, 0.717) is 12.4 Å². The van der Waals surface area contributed by atoms with Crippen LogP contribution in [0.15, 0.2) is 17.2 Å². The zero-order chi connectivity index (χ0) is 12.2. The Bertz CT molecular complexity index is 380. The third kappa shape index (κ3) is 3.66. The van der Waals surface area contributed by atoms with Gasteiger partial charge in [-0.2, -0.15) is 0 Å². The van der Waals surface area contributed by atoms with Crippen molar-refractivity contribution < 1.29 is 0 Å². The van der Waals surface area contributed by atoms with Crippen LogP contribution in [0.2, 0.25) is 0 Å². The zero-order valence-corrected chi connectivity index (χ0v) is 10.1. The van der Waals surface area contributed by atoms with E-state index < -0.39 is 0 Å². The maximum atomic E-state index is 11.1. The molecule has 0 aromatic carbocycles. The van der Waals surface area contributed by atoms with Gasteiger partial charge in [-0.05, 0) is 18.4 Å². The third-order valence-corrected chi connectivity index (χ3v) is 2.50. The molecule has 16 heavy (non-hydrogen) atoms. The van der Waals surface area contributed by atoms with Gasteiger partial charge in [0.2, 0.25) is 0 Å². The van der Waals surface area contributed by atoms with Crippen molar-refractivity contribution >= 4 is 5.82 Å². The second-order valence-corrected chi connectivity index (χ2v) is 4.94. The lowest BCUT2D eigenvalue weighted by molar-refractivity contribution is 0.328. The van der Waals surface area contributed by atoms with E-state index in [9.17, 15) is 4.79 Å². The predicted molar refractivity (Wildman–Crippen MR) is 65.4 cm³/mol. The summed E-state index contributed by atoms with van der Waals surface area (Å²) in [7, 11) is 0. The summed E-state index contributed by atoms with van der Waals surface area (Å²) in [4.78, 5) is 17.7. The van der Waals surface area contributed by atoms with Crippen LogP contribution < -0.4 is 16.6 Å². The summed E-state index contributed by atoms with van der Waals surface area (Å²) in [6.45, 7) is 7.01. The number of hydrogen-bond acceptors (Lipinski definition) is 4. The number of anilines is 1. The van der Waals surface area contributed by atoms with E-state index in [1.807, 2.05) is 0 Å². The molecule has 0 amide bonds. The van der Waals surface area contributed by atoms with Crippen LogP contribution in [-0.2, 0) is 0 Å². The molecular formula is C11H20N4O. The van der Waals surface area contributed by atoms with Crippen molar-refractivity contribution in [3.8, 4) is 0 Å². The minimum Gasteiger partial charge on any atom is -0.367 e. The number of hydrogen-bond donors (Lipinski definition) is 3. The smallest absolute Gasteiger partial charge is 0.252 e. The van der Waals surface area contributed by atoms with Gasteiger partial charge in [0.15, 0.2) is 0 Å². The molecule has 0 spiro atoms. The molecule has 0 aliphatic heterocycles. The monoisotopic (exact) mass is 224 g/mol. The molecule has 1 unspecified atom stereocenters. The van der Waals surface area contributed by atoms with E-state index in [0.717, 1.165) is 6.42 Å². The number of aromatic nitrogens is 2. The Morgan fingerprint density at radius 3 is 2.75 bits per heavy atom. The summed E-state index contributed by atoms with van der Waals surface area (Å²) in [5.74, 6) is 0.595. The zero-order valence-electron chi connectivity index (χ0n) is 10.1. The van der Waals surface area contributed by atoms with Crippen LogP contribution in [0.4, 0.5) is 5.82 Å². The normalized spacial score (nSPS) is 13.5. The minimum absolute atomic E-state index is 0.0731. The first-order valence-electron chi connectivity index (χ1n) is 5.45. The average Bonchev–Trinajstić information content (AvgIpc) is 2.16. The Morgan fingerprint density at radius 2 is 2.25 bits per heavy atom. The highest BCUT2D eigenvalue weighted by Gasteiger charge is 2.23. The van der Waals surface area contributed by atoms with Crippen LogP contribution >= 0.6 is 0 Å². The topological polar surface area (TPSA) is 83.8 Å². The Hall–Kier alpha value is -1.36. The second-order valence-electron chi connectivity index (χ2n) is 4.94. The minimum atomic E-state index is -0.155. The van der Waals surface area contributed by atoms with Gasteiger partial charge in [-0.1, -0.05) is 20.8 Å². The summed E-state index contributed by atoms with van der Waals surface area (Å²) in [5.41, 5.74) is 5.50. The molecule has 90 valence electrons.